The second-order valence-electron chi connectivity index (χ2n) is 5.20. The molecule has 0 radical (unpaired) electrons. The minimum Gasteiger partial charge on any atom is -0.313 e. The molecule has 0 aromatic carbocycles. The van der Waals surface area contributed by atoms with Gasteiger partial charge in [0.15, 0.2) is 0 Å². The van der Waals surface area contributed by atoms with Crippen LogP contribution in [0.4, 0.5) is 0 Å². The van der Waals surface area contributed by atoms with Crippen LogP contribution in [0.25, 0.3) is 0 Å². The first-order chi connectivity index (χ1) is 6.66. The Kier molecular flexibility index (Phi) is 4.43. The van der Waals surface area contributed by atoms with Crippen LogP contribution < -0.4 is 5.32 Å². The molecule has 0 amide bonds. The molecule has 1 nitrogen and oxygen atoms in total. The van der Waals surface area contributed by atoms with E-state index >= 15 is 0 Å². The van der Waals surface area contributed by atoms with Crippen molar-refractivity contribution in [1.82, 2.24) is 5.32 Å². The molecule has 1 unspecified atom stereocenters. The van der Waals surface area contributed by atoms with Gasteiger partial charge in [0.05, 0.1) is 0 Å². The maximum absolute atomic E-state index is 3.72. The standard InChI is InChI=1S/C13H27N/c1-5-13(9-7-8-10-13)12(11(3)4)14-6-2/h11-12,14H,5-10H2,1-4H3. The van der Waals surface area contributed by atoms with Crippen LogP contribution in [0.2, 0.25) is 0 Å². The van der Waals surface area contributed by atoms with E-state index in [2.05, 4.69) is 33.0 Å². The van der Waals surface area contributed by atoms with Gasteiger partial charge in [-0.3, -0.25) is 0 Å². The molecule has 1 fully saturated rings. The van der Waals surface area contributed by atoms with Crippen LogP contribution in [0.5, 0.6) is 0 Å². The van der Waals surface area contributed by atoms with Gasteiger partial charge >= 0.3 is 0 Å². The third-order valence-electron chi connectivity index (χ3n) is 4.05. The van der Waals surface area contributed by atoms with Crippen molar-refractivity contribution in [3.8, 4) is 0 Å². The molecule has 14 heavy (non-hydrogen) atoms. The number of rotatable bonds is 5. The normalized spacial score (nSPS) is 22.9. The van der Waals surface area contributed by atoms with Gasteiger partial charge in [0.1, 0.15) is 0 Å². The zero-order valence-corrected chi connectivity index (χ0v) is 10.4. The van der Waals surface area contributed by atoms with Gasteiger partial charge < -0.3 is 5.32 Å². The highest BCUT2D eigenvalue weighted by Crippen LogP contribution is 2.45. The molecule has 0 heterocycles. The van der Waals surface area contributed by atoms with Crippen molar-refractivity contribution in [2.45, 2.75) is 65.8 Å². The number of nitrogens with one attached hydrogen (secondary N) is 1. The highest BCUT2D eigenvalue weighted by atomic mass is 14.9. The van der Waals surface area contributed by atoms with E-state index in [0.29, 0.717) is 5.41 Å². The predicted molar refractivity (Wildman–Crippen MR) is 63.5 cm³/mol. The van der Waals surface area contributed by atoms with Crippen LogP contribution in [0.15, 0.2) is 0 Å². The first-order valence-corrected chi connectivity index (χ1v) is 6.39. The molecule has 1 rings (SSSR count). The van der Waals surface area contributed by atoms with Crippen LogP contribution in [-0.2, 0) is 0 Å². The molecular formula is C13H27N. The van der Waals surface area contributed by atoms with E-state index < -0.39 is 0 Å². The van der Waals surface area contributed by atoms with Gasteiger partial charge in [-0.2, -0.15) is 0 Å². The van der Waals surface area contributed by atoms with Crippen molar-refractivity contribution in [3.05, 3.63) is 0 Å². The Bertz CT molecular complexity index is 157. The average molecular weight is 197 g/mol. The lowest BCUT2D eigenvalue weighted by Gasteiger charge is -2.40. The number of hydrogen-bond acceptors (Lipinski definition) is 1. The summed E-state index contributed by atoms with van der Waals surface area (Å²) in [6.45, 7) is 10.4. The third kappa shape index (κ3) is 2.31. The van der Waals surface area contributed by atoms with Gasteiger partial charge in [0.2, 0.25) is 0 Å². The Morgan fingerprint density at radius 1 is 1.14 bits per heavy atom. The van der Waals surface area contributed by atoms with Gasteiger partial charge in [-0.15, -0.1) is 0 Å². The van der Waals surface area contributed by atoms with Crippen LogP contribution in [0.3, 0.4) is 0 Å². The summed E-state index contributed by atoms with van der Waals surface area (Å²) in [5, 5.41) is 3.72. The van der Waals surface area contributed by atoms with Crippen molar-refractivity contribution in [2.75, 3.05) is 6.54 Å². The molecule has 0 saturated heterocycles. The fraction of sp³-hybridized carbons (Fsp3) is 1.00. The maximum atomic E-state index is 3.72. The van der Waals surface area contributed by atoms with Crippen LogP contribution >= 0.6 is 0 Å². The molecule has 84 valence electrons. The molecule has 1 atom stereocenters. The topological polar surface area (TPSA) is 12.0 Å². The van der Waals surface area contributed by atoms with Crippen molar-refractivity contribution in [3.63, 3.8) is 0 Å². The van der Waals surface area contributed by atoms with Gasteiger partial charge in [-0.1, -0.05) is 40.5 Å². The Morgan fingerprint density at radius 3 is 2.07 bits per heavy atom. The molecule has 1 N–H and O–H groups in total. The quantitative estimate of drug-likeness (QED) is 0.710. The molecule has 0 aliphatic heterocycles. The first kappa shape index (κ1) is 12.0. The lowest BCUT2D eigenvalue weighted by atomic mass is 9.72. The summed E-state index contributed by atoms with van der Waals surface area (Å²) >= 11 is 0. The zero-order valence-electron chi connectivity index (χ0n) is 10.4. The van der Waals surface area contributed by atoms with E-state index in [1.807, 2.05) is 0 Å². The Labute approximate surface area is 89.7 Å². The molecular weight excluding hydrogens is 170 g/mol. The summed E-state index contributed by atoms with van der Waals surface area (Å²) in [7, 11) is 0. The fourth-order valence-corrected chi connectivity index (χ4v) is 3.34. The summed E-state index contributed by atoms with van der Waals surface area (Å²) in [6.07, 6.45) is 7.13. The van der Waals surface area contributed by atoms with Crippen molar-refractivity contribution >= 4 is 0 Å². The summed E-state index contributed by atoms with van der Waals surface area (Å²) < 4.78 is 0. The van der Waals surface area contributed by atoms with E-state index in [9.17, 15) is 0 Å². The molecule has 0 aromatic rings. The number of hydrogen-bond donors (Lipinski definition) is 1. The summed E-state index contributed by atoms with van der Waals surface area (Å²) in [6, 6.07) is 0.736. The highest BCUT2D eigenvalue weighted by Gasteiger charge is 2.40. The van der Waals surface area contributed by atoms with Crippen LogP contribution in [0, 0.1) is 11.3 Å². The molecule has 0 bridgehead atoms. The third-order valence-corrected chi connectivity index (χ3v) is 4.05. The summed E-state index contributed by atoms with van der Waals surface area (Å²) in [4.78, 5) is 0. The second-order valence-corrected chi connectivity index (χ2v) is 5.20. The van der Waals surface area contributed by atoms with Crippen LogP contribution in [-0.4, -0.2) is 12.6 Å². The SMILES string of the molecule is CCNC(C(C)C)C1(CC)CCCC1. The second kappa shape index (κ2) is 5.16. The Balaban J connectivity index is 2.71. The molecule has 1 aliphatic rings. The first-order valence-electron chi connectivity index (χ1n) is 6.39. The molecule has 1 aliphatic carbocycles. The van der Waals surface area contributed by atoms with Crippen LogP contribution in [0.1, 0.15) is 59.8 Å². The molecule has 0 spiro atoms. The lowest BCUT2D eigenvalue weighted by Crippen LogP contribution is -2.47. The smallest absolute Gasteiger partial charge is 0.0146 e. The van der Waals surface area contributed by atoms with Gasteiger partial charge in [0.25, 0.3) is 0 Å². The molecule has 1 heteroatoms. The van der Waals surface area contributed by atoms with Crippen molar-refractivity contribution < 1.29 is 0 Å². The lowest BCUT2D eigenvalue weighted by molar-refractivity contribution is 0.147. The van der Waals surface area contributed by atoms with Gasteiger partial charge in [-0.05, 0) is 37.1 Å². The summed E-state index contributed by atoms with van der Waals surface area (Å²) in [5.74, 6) is 0.771. The van der Waals surface area contributed by atoms with Crippen molar-refractivity contribution in [2.24, 2.45) is 11.3 Å². The van der Waals surface area contributed by atoms with E-state index in [0.717, 1.165) is 18.5 Å². The zero-order chi connectivity index (χ0) is 10.6. The van der Waals surface area contributed by atoms with E-state index in [1.165, 1.54) is 32.1 Å². The predicted octanol–water partition coefficient (Wildman–Crippen LogP) is 3.59. The highest BCUT2D eigenvalue weighted by molar-refractivity contribution is 4.95. The largest absolute Gasteiger partial charge is 0.313 e. The molecule has 0 aromatic heterocycles. The summed E-state index contributed by atoms with van der Waals surface area (Å²) in [5.41, 5.74) is 0.615. The van der Waals surface area contributed by atoms with Gasteiger partial charge in [0, 0.05) is 6.04 Å². The Hall–Kier alpha value is -0.0400. The minimum absolute atomic E-state index is 0.615. The van der Waals surface area contributed by atoms with E-state index in [1.54, 1.807) is 0 Å². The monoisotopic (exact) mass is 197 g/mol. The average Bonchev–Trinajstić information content (AvgIpc) is 2.63. The van der Waals surface area contributed by atoms with E-state index in [4.69, 9.17) is 0 Å². The van der Waals surface area contributed by atoms with Gasteiger partial charge in [-0.25, -0.2) is 0 Å². The Morgan fingerprint density at radius 2 is 1.71 bits per heavy atom. The van der Waals surface area contributed by atoms with E-state index in [-0.39, 0.29) is 0 Å². The maximum Gasteiger partial charge on any atom is 0.0146 e. The fourth-order valence-electron chi connectivity index (χ4n) is 3.34. The molecule has 1 saturated carbocycles. The minimum atomic E-state index is 0.615. The van der Waals surface area contributed by atoms with Crippen molar-refractivity contribution in [1.29, 1.82) is 0 Å².